The number of urea groups is 1. The summed E-state index contributed by atoms with van der Waals surface area (Å²) in [6.45, 7) is 1.88. The number of halogens is 2. The molecular formula is C25H18ClFN2O3. The van der Waals surface area contributed by atoms with Crippen molar-refractivity contribution in [2.45, 2.75) is 13.3 Å². The van der Waals surface area contributed by atoms with Crippen LogP contribution in [0.2, 0.25) is 5.02 Å². The van der Waals surface area contributed by atoms with Gasteiger partial charge in [-0.2, -0.15) is 0 Å². The van der Waals surface area contributed by atoms with Crippen LogP contribution in [0.15, 0.2) is 72.3 Å². The highest BCUT2D eigenvalue weighted by molar-refractivity contribution is 6.39. The zero-order valence-corrected chi connectivity index (χ0v) is 17.8. The molecule has 0 atom stereocenters. The van der Waals surface area contributed by atoms with Crippen molar-refractivity contribution in [2.24, 2.45) is 0 Å². The third-order valence-electron chi connectivity index (χ3n) is 5.09. The number of rotatable bonds is 4. The van der Waals surface area contributed by atoms with Crippen molar-refractivity contribution in [3.8, 4) is 0 Å². The van der Waals surface area contributed by atoms with Gasteiger partial charge in [-0.05, 0) is 72.5 Å². The Morgan fingerprint density at radius 3 is 2.47 bits per heavy atom. The van der Waals surface area contributed by atoms with Gasteiger partial charge < -0.3 is 0 Å². The molecule has 4 rings (SSSR count). The molecule has 5 nitrogen and oxygen atoms in total. The van der Waals surface area contributed by atoms with Gasteiger partial charge in [-0.15, -0.1) is 0 Å². The fraction of sp³-hybridized carbons (Fsp3) is 0.0800. The molecule has 1 fully saturated rings. The highest BCUT2D eigenvalue weighted by atomic mass is 35.5. The molecule has 1 saturated heterocycles. The Hall–Kier alpha value is -3.77. The zero-order chi connectivity index (χ0) is 22.8. The number of barbiturate groups is 1. The molecule has 0 aromatic heterocycles. The van der Waals surface area contributed by atoms with Crippen molar-refractivity contribution in [1.29, 1.82) is 0 Å². The Bertz CT molecular complexity index is 1270. The Kier molecular flexibility index (Phi) is 5.88. The number of benzene rings is 3. The number of carbonyl (C=O) groups is 3. The molecule has 0 aliphatic carbocycles. The van der Waals surface area contributed by atoms with Crippen LogP contribution >= 0.6 is 11.6 Å². The van der Waals surface area contributed by atoms with E-state index in [1.807, 2.05) is 6.92 Å². The van der Waals surface area contributed by atoms with Crippen LogP contribution in [0.25, 0.3) is 6.08 Å². The van der Waals surface area contributed by atoms with Gasteiger partial charge >= 0.3 is 6.03 Å². The molecule has 0 unspecified atom stereocenters. The van der Waals surface area contributed by atoms with Gasteiger partial charge in [-0.3, -0.25) is 14.9 Å². The summed E-state index contributed by atoms with van der Waals surface area (Å²) in [7, 11) is 0. The smallest absolute Gasteiger partial charge is 0.273 e. The fourth-order valence-electron chi connectivity index (χ4n) is 3.47. The molecule has 0 saturated carbocycles. The first kappa shape index (κ1) is 21.5. The van der Waals surface area contributed by atoms with Crippen LogP contribution in [-0.2, 0) is 16.0 Å². The number of aryl methyl sites for hydroxylation is 1. The number of hydrogen-bond donors (Lipinski definition) is 1. The molecule has 1 heterocycles. The Balaban J connectivity index is 1.74. The third-order valence-corrected chi connectivity index (χ3v) is 5.32. The van der Waals surface area contributed by atoms with E-state index in [4.69, 9.17) is 11.6 Å². The number of hydrogen-bond acceptors (Lipinski definition) is 3. The minimum atomic E-state index is -0.813. The summed E-state index contributed by atoms with van der Waals surface area (Å²) in [5.41, 5.74) is 3.11. The van der Waals surface area contributed by atoms with Crippen molar-refractivity contribution >= 4 is 41.2 Å². The number of imide groups is 2. The molecule has 7 heteroatoms. The Labute approximate surface area is 189 Å². The molecule has 32 heavy (non-hydrogen) atoms. The fourth-order valence-corrected chi connectivity index (χ4v) is 3.65. The maximum Gasteiger partial charge on any atom is 0.335 e. The van der Waals surface area contributed by atoms with E-state index in [-0.39, 0.29) is 11.4 Å². The molecule has 1 aliphatic rings. The van der Waals surface area contributed by atoms with Crippen LogP contribution in [0, 0.1) is 12.7 Å². The molecule has 3 aromatic carbocycles. The monoisotopic (exact) mass is 448 g/mol. The third kappa shape index (κ3) is 4.45. The van der Waals surface area contributed by atoms with Gasteiger partial charge in [0.15, 0.2) is 0 Å². The lowest BCUT2D eigenvalue weighted by Gasteiger charge is -2.26. The van der Waals surface area contributed by atoms with Crippen LogP contribution < -0.4 is 10.2 Å². The van der Waals surface area contributed by atoms with E-state index in [1.165, 1.54) is 18.2 Å². The maximum atomic E-state index is 13.6. The van der Waals surface area contributed by atoms with Gasteiger partial charge in [-0.25, -0.2) is 14.1 Å². The molecule has 0 bridgehead atoms. The SMILES string of the molecule is Cc1ccc(N2C(=O)NC(=O)/C(=C\c3cc(Cl)ccc3Cc3cccc(F)c3)C2=O)cc1. The summed E-state index contributed by atoms with van der Waals surface area (Å²) >= 11 is 6.16. The van der Waals surface area contributed by atoms with Gasteiger partial charge in [0.05, 0.1) is 5.69 Å². The van der Waals surface area contributed by atoms with E-state index in [0.29, 0.717) is 22.7 Å². The maximum absolute atomic E-state index is 13.6. The summed E-state index contributed by atoms with van der Waals surface area (Å²) in [6.07, 6.45) is 1.77. The van der Waals surface area contributed by atoms with Crippen molar-refractivity contribution < 1.29 is 18.8 Å². The molecule has 1 aliphatic heterocycles. The molecule has 0 spiro atoms. The second-order valence-electron chi connectivity index (χ2n) is 7.44. The summed E-state index contributed by atoms with van der Waals surface area (Å²) in [4.78, 5) is 39.0. The summed E-state index contributed by atoms with van der Waals surface area (Å²) in [5.74, 6) is -1.88. The van der Waals surface area contributed by atoms with E-state index >= 15 is 0 Å². The second kappa shape index (κ2) is 8.77. The van der Waals surface area contributed by atoms with E-state index in [1.54, 1.807) is 54.6 Å². The summed E-state index contributed by atoms with van der Waals surface area (Å²) < 4.78 is 13.6. The van der Waals surface area contributed by atoms with Crippen LogP contribution in [0.4, 0.5) is 14.9 Å². The minimum absolute atomic E-state index is 0.201. The quantitative estimate of drug-likeness (QED) is 0.449. The standard InChI is InChI=1S/C25H18ClFN2O3/c1-15-5-9-21(10-6-15)29-24(31)22(23(30)28-25(29)32)14-18-13-19(26)8-7-17(18)11-16-3-2-4-20(27)12-16/h2-10,12-14H,11H2,1H3,(H,28,30,32)/b22-14+. The average molecular weight is 449 g/mol. The summed E-state index contributed by atoms with van der Waals surface area (Å²) in [6, 6.07) is 17.2. The predicted molar refractivity (Wildman–Crippen MR) is 121 cm³/mol. The van der Waals surface area contributed by atoms with Crippen LogP contribution in [0.1, 0.15) is 22.3 Å². The lowest BCUT2D eigenvalue weighted by Crippen LogP contribution is -2.54. The largest absolute Gasteiger partial charge is 0.335 e. The first-order chi connectivity index (χ1) is 15.3. The van der Waals surface area contributed by atoms with Gasteiger partial charge in [0.2, 0.25) is 0 Å². The lowest BCUT2D eigenvalue weighted by atomic mass is 9.97. The number of carbonyl (C=O) groups excluding carboxylic acids is 3. The van der Waals surface area contributed by atoms with Gasteiger partial charge in [0, 0.05) is 5.02 Å². The minimum Gasteiger partial charge on any atom is -0.273 e. The number of amides is 4. The van der Waals surface area contributed by atoms with E-state index in [0.717, 1.165) is 21.6 Å². The zero-order valence-electron chi connectivity index (χ0n) is 17.1. The second-order valence-corrected chi connectivity index (χ2v) is 7.88. The van der Waals surface area contributed by atoms with Crippen molar-refractivity contribution in [1.82, 2.24) is 5.32 Å². The van der Waals surface area contributed by atoms with Crippen molar-refractivity contribution in [2.75, 3.05) is 4.90 Å². The van der Waals surface area contributed by atoms with Crippen molar-refractivity contribution in [3.05, 3.63) is 105 Å². The predicted octanol–water partition coefficient (Wildman–Crippen LogP) is 5.04. The van der Waals surface area contributed by atoms with E-state index in [2.05, 4.69) is 5.32 Å². The van der Waals surface area contributed by atoms with Crippen LogP contribution in [-0.4, -0.2) is 17.8 Å². The normalized spacial score (nSPS) is 15.3. The van der Waals surface area contributed by atoms with Gasteiger partial charge in [0.1, 0.15) is 11.4 Å². The Morgan fingerprint density at radius 2 is 1.75 bits per heavy atom. The van der Waals surface area contributed by atoms with E-state index < -0.39 is 17.8 Å². The molecular weight excluding hydrogens is 431 g/mol. The van der Waals surface area contributed by atoms with Gasteiger partial charge in [0.25, 0.3) is 11.8 Å². The average Bonchev–Trinajstić information content (AvgIpc) is 2.74. The summed E-state index contributed by atoms with van der Waals surface area (Å²) in [5, 5.41) is 2.62. The molecule has 4 amide bonds. The molecule has 3 aromatic rings. The number of anilines is 1. The van der Waals surface area contributed by atoms with E-state index in [9.17, 15) is 18.8 Å². The van der Waals surface area contributed by atoms with Gasteiger partial charge in [-0.1, -0.05) is 47.5 Å². The lowest BCUT2D eigenvalue weighted by molar-refractivity contribution is -0.122. The van der Waals surface area contributed by atoms with Crippen molar-refractivity contribution in [3.63, 3.8) is 0 Å². The first-order valence-electron chi connectivity index (χ1n) is 9.83. The first-order valence-corrected chi connectivity index (χ1v) is 10.2. The number of nitrogens with zero attached hydrogens (tertiary/aromatic N) is 1. The van der Waals surface area contributed by atoms with Crippen LogP contribution in [0.3, 0.4) is 0 Å². The molecule has 0 radical (unpaired) electrons. The highest BCUT2D eigenvalue weighted by Gasteiger charge is 2.36. The number of nitrogens with one attached hydrogen (secondary N) is 1. The van der Waals surface area contributed by atoms with Crippen LogP contribution in [0.5, 0.6) is 0 Å². The molecule has 1 N–H and O–H groups in total. The molecule has 160 valence electrons. The topological polar surface area (TPSA) is 66.5 Å². The Morgan fingerprint density at radius 1 is 1.00 bits per heavy atom. The highest BCUT2D eigenvalue weighted by Crippen LogP contribution is 2.26.